The van der Waals surface area contributed by atoms with E-state index in [1.807, 2.05) is 18.7 Å². The number of hydrazine groups is 1. The number of aromatic nitrogens is 2. The smallest absolute Gasteiger partial charge is 0.129 e. The fourth-order valence-electron chi connectivity index (χ4n) is 2.32. The molecule has 4 nitrogen and oxygen atoms in total. The first kappa shape index (κ1) is 16.6. The predicted octanol–water partition coefficient (Wildman–Crippen LogP) is 3.39. The van der Waals surface area contributed by atoms with Gasteiger partial charge in [0.25, 0.3) is 0 Å². The molecule has 2 aromatic rings. The zero-order chi connectivity index (χ0) is 15.6. The molecule has 0 radical (unpaired) electrons. The lowest BCUT2D eigenvalue weighted by atomic mass is 10.0. The van der Waals surface area contributed by atoms with Gasteiger partial charge in [-0.2, -0.15) is 5.10 Å². The molecule has 0 aliphatic carbocycles. The summed E-state index contributed by atoms with van der Waals surface area (Å²) >= 11 is 6.96. The Balaban J connectivity index is 2.38. The summed E-state index contributed by atoms with van der Waals surface area (Å²) in [7, 11) is 1.88. The highest BCUT2D eigenvalue weighted by molar-refractivity contribution is 9.10. The van der Waals surface area contributed by atoms with Gasteiger partial charge in [0.1, 0.15) is 5.82 Å². The van der Waals surface area contributed by atoms with E-state index in [4.69, 9.17) is 5.84 Å². The van der Waals surface area contributed by atoms with Crippen LogP contribution in [0.2, 0.25) is 0 Å². The van der Waals surface area contributed by atoms with E-state index < -0.39 is 0 Å². The average Bonchev–Trinajstić information content (AvgIpc) is 2.72. The van der Waals surface area contributed by atoms with Crippen LogP contribution in [0.15, 0.2) is 27.1 Å². The molecule has 0 aliphatic rings. The van der Waals surface area contributed by atoms with Crippen LogP contribution in [-0.2, 0) is 19.9 Å². The maximum Gasteiger partial charge on any atom is 0.129 e. The highest BCUT2D eigenvalue weighted by atomic mass is 79.9. The molecule has 0 saturated heterocycles. The maximum absolute atomic E-state index is 14.1. The Morgan fingerprint density at radius 2 is 2.14 bits per heavy atom. The van der Waals surface area contributed by atoms with Crippen LogP contribution in [-0.4, -0.2) is 9.78 Å². The highest BCUT2D eigenvalue weighted by Gasteiger charge is 2.22. The SMILES string of the molecule is CCc1nn(C)c(CC(NN)c2c(F)cccc2Br)c1Br. The molecule has 21 heavy (non-hydrogen) atoms. The van der Waals surface area contributed by atoms with E-state index in [9.17, 15) is 4.39 Å². The second-order valence-electron chi connectivity index (χ2n) is 4.74. The molecule has 2 rings (SSSR count). The summed E-state index contributed by atoms with van der Waals surface area (Å²) in [6.07, 6.45) is 1.36. The minimum atomic E-state index is -0.350. The van der Waals surface area contributed by atoms with Gasteiger partial charge in [-0.05, 0) is 34.5 Å². The van der Waals surface area contributed by atoms with Crippen LogP contribution >= 0.6 is 31.9 Å². The number of nitrogens with zero attached hydrogens (tertiary/aromatic N) is 2. The largest absolute Gasteiger partial charge is 0.271 e. The van der Waals surface area contributed by atoms with E-state index in [-0.39, 0.29) is 11.9 Å². The van der Waals surface area contributed by atoms with Gasteiger partial charge < -0.3 is 0 Å². The van der Waals surface area contributed by atoms with E-state index in [0.29, 0.717) is 16.5 Å². The van der Waals surface area contributed by atoms with Crippen molar-refractivity contribution in [2.24, 2.45) is 12.9 Å². The third-order valence-corrected chi connectivity index (χ3v) is 5.06. The lowest BCUT2D eigenvalue weighted by Gasteiger charge is -2.19. The molecule has 1 atom stereocenters. The Kier molecular flexibility index (Phi) is 5.54. The minimum Gasteiger partial charge on any atom is -0.271 e. The minimum absolute atomic E-state index is 0.290. The van der Waals surface area contributed by atoms with Crippen LogP contribution in [0, 0.1) is 5.82 Å². The van der Waals surface area contributed by atoms with Crippen molar-refractivity contribution in [1.82, 2.24) is 15.2 Å². The van der Waals surface area contributed by atoms with Crippen LogP contribution in [0.5, 0.6) is 0 Å². The number of benzene rings is 1. The molecule has 1 aromatic carbocycles. The molecule has 7 heteroatoms. The van der Waals surface area contributed by atoms with Gasteiger partial charge in [-0.15, -0.1) is 0 Å². The van der Waals surface area contributed by atoms with Crippen molar-refractivity contribution in [3.63, 3.8) is 0 Å². The monoisotopic (exact) mass is 418 g/mol. The van der Waals surface area contributed by atoms with Gasteiger partial charge in [-0.1, -0.05) is 28.9 Å². The molecule has 1 unspecified atom stereocenters. The first-order valence-corrected chi connectivity index (χ1v) is 8.18. The lowest BCUT2D eigenvalue weighted by Crippen LogP contribution is -2.31. The maximum atomic E-state index is 14.1. The van der Waals surface area contributed by atoms with Crippen molar-refractivity contribution < 1.29 is 4.39 Å². The molecular formula is C14H17Br2FN4. The first-order valence-electron chi connectivity index (χ1n) is 6.59. The second-order valence-corrected chi connectivity index (χ2v) is 6.39. The fraction of sp³-hybridized carbons (Fsp3) is 0.357. The predicted molar refractivity (Wildman–Crippen MR) is 88.2 cm³/mol. The molecular weight excluding hydrogens is 403 g/mol. The van der Waals surface area contributed by atoms with E-state index in [2.05, 4.69) is 42.4 Å². The van der Waals surface area contributed by atoms with E-state index in [1.54, 1.807) is 12.1 Å². The Morgan fingerprint density at radius 3 is 2.67 bits per heavy atom. The van der Waals surface area contributed by atoms with Crippen LogP contribution in [0.4, 0.5) is 4.39 Å². The number of aryl methyl sites for hydroxylation is 2. The van der Waals surface area contributed by atoms with Gasteiger partial charge in [0, 0.05) is 23.5 Å². The van der Waals surface area contributed by atoms with Crippen LogP contribution in [0.25, 0.3) is 0 Å². The number of nitrogens with one attached hydrogen (secondary N) is 1. The fourth-order valence-corrected chi connectivity index (χ4v) is 3.72. The Bertz CT molecular complexity index is 622. The van der Waals surface area contributed by atoms with Crippen LogP contribution in [0.1, 0.15) is 29.9 Å². The molecule has 0 bridgehead atoms. The van der Waals surface area contributed by atoms with E-state index in [1.165, 1.54) is 6.07 Å². The number of hydrogen-bond acceptors (Lipinski definition) is 3. The quantitative estimate of drug-likeness (QED) is 0.576. The van der Waals surface area contributed by atoms with Crippen molar-refractivity contribution in [2.75, 3.05) is 0 Å². The third-order valence-electron chi connectivity index (χ3n) is 3.45. The van der Waals surface area contributed by atoms with E-state index >= 15 is 0 Å². The molecule has 1 aromatic heterocycles. The summed E-state index contributed by atoms with van der Waals surface area (Å²) in [5, 5.41) is 4.45. The van der Waals surface area contributed by atoms with E-state index in [0.717, 1.165) is 22.3 Å². The van der Waals surface area contributed by atoms with Crippen molar-refractivity contribution in [3.8, 4) is 0 Å². The zero-order valence-corrected chi connectivity index (χ0v) is 15.0. The number of halogens is 3. The highest BCUT2D eigenvalue weighted by Crippen LogP contribution is 2.31. The number of rotatable bonds is 5. The van der Waals surface area contributed by atoms with Crippen molar-refractivity contribution in [1.29, 1.82) is 0 Å². The van der Waals surface area contributed by atoms with Gasteiger partial charge in [0.15, 0.2) is 0 Å². The average molecular weight is 420 g/mol. The summed E-state index contributed by atoms with van der Waals surface area (Å²) in [5.41, 5.74) is 5.18. The van der Waals surface area contributed by atoms with Crippen molar-refractivity contribution in [3.05, 3.63) is 49.9 Å². The summed E-state index contributed by atoms with van der Waals surface area (Å²) < 4.78 is 17.6. The summed E-state index contributed by atoms with van der Waals surface area (Å²) in [4.78, 5) is 0. The molecule has 0 saturated carbocycles. The number of nitrogens with two attached hydrogens (primary N) is 1. The normalized spacial score (nSPS) is 12.7. The molecule has 0 spiro atoms. The van der Waals surface area contributed by atoms with Crippen molar-refractivity contribution in [2.45, 2.75) is 25.8 Å². The molecule has 1 heterocycles. The van der Waals surface area contributed by atoms with Gasteiger partial charge in [-0.3, -0.25) is 16.0 Å². The first-order chi connectivity index (χ1) is 9.99. The zero-order valence-electron chi connectivity index (χ0n) is 11.8. The topological polar surface area (TPSA) is 55.9 Å². The Hall–Kier alpha value is -0.760. The lowest BCUT2D eigenvalue weighted by molar-refractivity contribution is 0.494. The Labute approximate surface area is 140 Å². The Morgan fingerprint density at radius 1 is 1.43 bits per heavy atom. The molecule has 3 N–H and O–H groups in total. The summed E-state index contributed by atoms with van der Waals surface area (Å²) in [6, 6.07) is 4.54. The summed E-state index contributed by atoms with van der Waals surface area (Å²) in [6.45, 7) is 2.04. The van der Waals surface area contributed by atoms with Gasteiger partial charge >= 0.3 is 0 Å². The molecule has 0 fully saturated rings. The number of hydrogen-bond donors (Lipinski definition) is 2. The van der Waals surface area contributed by atoms with Gasteiger partial charge in [-0.25, -0.2) is 4.39 Å². The molecule has 0 amide bonds. The second kappa shape index (κ2) is 7.00. The standard InChI is InChI=1S/C14H17Br2FN4/c1-3-10-14(16)12(21(2)20-10)7-11(19-18)13-8(15)5-4-6-9(13)17/h4-6,11,19H,3,7,18H2,1-2H3. The van der Waals surface area contributed by atoms with Gasteiger partial charge in [0.05, 0.1) is 21.9 Å². The third kappa shape index (κ3) is 3.36. The van der Waals surface area contributed by atoms with Crippen LogP contribution < -0.4 is 11.3 Å². The van der Waals surface area contributed by atoms with Gasteiger partial charge in [0.2, 0.25) is 0 Å². The van der Waals surface area contributed by atoms with Crippen molar-refractivity contribution >= 4 is 31.9 Å². The summed E-state index contributed by atoms with van der Waals surface area (Å²) in [5.74, 6) is 5.36. The molecule has 114 valence electrons. The molecule has 0 aliphatic heterocycles. The van der Waals surface area contributed by atoms with Crippen LogP contribution in [0.3, 0.4) is 0 Å².